The van der Waals surface area contributed by atoms with Crippen LogP contribution in [0.1, 0.15) is 39.5 Å². The normalized spacial score (nSPS) is 17.0. The molecule has 17 heavy (non-hydrogen) atoms. The Labute approximate surface area is 106 Å². The summed E-state index contributed by atoms with van der Waals surface area (Å²) in [6.45, 7) is 5.72. The van der Waals surface area contributed by atoms with Crippen LogP contribution in [0.25, 0.3) is 0 Å². The molecule has 0 radical (unpaired) electrons. The monoisotopic (exact) mass is 262 g/mol. The summed E-state index contributed by atoms with van der Waals surface area (Å²) in [5.41, 5.74) is 0. The third-order valence-electron chi connectivity index (χ3n) is 2.94. The standard InChI is InChI=1S/C12H26N2O2S/c1-11(2)10-14(12-6-7-12)17(15,16)9-5-4-8-13-3/h11-13H,4-10H2,1-3H3. The molecule has 1 rings (SSSR count). The molecule has 0 bridgehead atoms. The Bertz CT molecular complexity index is 310. The molecule has 0 amide bonds. The molecule has 0 aliphatic heterocycles. The minimum Gasteiger partial charge on any atom is -0.320 e. The van der Waals surface area contributed by atoms with Gasteiger partial charge in [-0.25, -0.2) is 8.42 Å². The first-order valence-electron chi connectivity index (χ1n) is 6.61. The maximum atomic E-state index is 12.2. The second kappa shape index (κ2) is 6.71. The highest BCUT2D eigenvalue weighted by Crippen LogP contribution is 2.30. The van der Waals surface area contributed by atoms with E-state index >= 15 is 0 Å². The molecule has 0 aromatic rings. The van der Waals surface area contributed by atoms with E-state index in [9.17, 15) is 8.42 Å². The van der Waals surface area contributed by atoms with E-state index in [1.807, 2.05) is 7.05 Å². The molecule has 0 atom stereocenters. The molecule has 102 valence electrons. The molecule has 5 heteroatoms. The van der Waals surface area contributed by atoms with Gasteiger partial charge < -0.3 is 5.32 Å². The lowest BCUT2D eigenvalue weighted by atomic mass is 10.2. The highest BCUT2D eigenvalue weighted by molar-refractivity contribution is 7.89. The molecule has 0 saturated heterocycles. The lowest BCUT2D eigenvalue weighted by Gasteiger charge is -2.23. The molecule has 1 aliphatic carbocycles. The predicted molar refractivity (Wildman–Crippen MR) is 71.5 cm³/mol. The van der Waals surface area contributed by atoms with Gasteiger partial charge in [-0.3, -0.25) is 0 Å². The van der Waals surface area contributed by atoms with Gasteiger partial charge in [0.05, 0.1) is 5.75 Å². The molecule has 1 saturated carbocycles. The summed E-state index contributed by atoms with van der Waals surface area (Å²) in [6, 6.07) is 0.298. The molecule has 1 N–H and O–H groups in total. The van der Waals surface area contributed by atoms with E-state index in [2.05, 4.69) is 19.2 Å². The number of nitrogens with one attached hydrogen (secondary N) is 1. The first kappa shape index (κ1) is 14.9. The van der Waals surface area contributed by atoms with Gasteiger partial charge in [-0.05, 0) is 45.2 Å². The fourth-order valence-electron chi connectivity index (χ4n) is 1.92. The Morgan fingerprint density at radius 3 is 2.41 bits per heavy atom. The zero-order valence-corrected chi connectivity index (χ0v) is 12.1. The molecular formula is C12H26N2O2S. The van der Waals surface area contributed by atoms with Crippen LogP contribution in [0.5, 0.6) is 0 Å². The van der Waals surface area contributed by atoms with E-state index in [1.165, 1.54) is 0 Å². The molecule has 0 aromatic carbocycles. The highest BCUT2D eigenvalue weighted by atomic mass is 32.2. The molecule has 4 nitrogen and oxygen atoms in total. The van der Waals surface area contributed by atoms with E-state index in [1.54, 1.807) is 4.31 Å². The Balaban J connectivity index is 2.46. The largest absolute Gasteiger partial charge is 0.320 e. The fraction of sp³-hybridized carbons (Fsp3) is 1.00. The Morgan fingerprint density at radius 2 is 1.94 bits per heavy atom. The second-order valence-electron chi connectivity index (χ2n) is 5.32. The third-order valence-corrected chi connectivity index (χ3v) is 4.90. The number of unbranched alkanes of at least 4 members (excludes halogenated alkanes) is 1. The zero-order valence-electron chi connectivity index (χ0n) is 11.3. The minimum absolute atomic E-state index is 0.298. The molecular weight excluding hydrogens is 236 g/mol. The molecule has 0 spiro atoms. The summed E-state index contributed by atoms with van der Waals surface area (Å²) < 4.78 is 26.2. The van der Waals surface area contributed by atoms with Gasteiger partial charge in [0, 0.05) is 12.6 Å². The summed E-state index contributed by atoms with van der Waals surface area (Å²) in [6.07, 6.45) is 3.77. The van der Waals surface area contributed by atoms with Gasteiger partial charge in [0.1, 0.15) is 0 Å². The zero-order chi connectivity index (χ0) is 12.9. The van der Waals surface area contributed by atoms with Crippen LogP contribution in [-0.2, 0) is 10.0 Å². The van der Waals surface area contributed by atoms with Crippen molar-refractivity contribution in [3.8, 4) is 0 Å². The van der Waals surface area contributed by atoms with E-state index in [0.29, 0.717) is 24.3 Å². The summed E-state index contributed by atoms with van der Waals surface area (Å²) in [4.78, 5) is 0. The maximum Gasteiger partial charge on any atom is 0.214 e. The number of rotatable bonds is 9. The third kappa shape index (κ3) is 5.36. The van der Waals surface area contributed by atoms with Gasteiger partial charge in [0.2, 0.25) is 10.0 Å². The van der Waals surface area contributed by atoms with E-state index in [4.69, 9.17) is 0 Å². The maximum absolute atomic E-state index is 12.2. The number of sulfonamides is 1. The first-order chi connectivity index (χ1) is 7.97. The average Bonchev–Trinajstić information content (AvgIpc) is 3.04. The van der Waals surface area contributed by atoms with Crippen molar-refractivity contribution in [1.82, 2.24) is 9.62 Å². The van der Waals surface area contributed by atoms with Gasteiger partial charge in [0.15, 0.2) is 0 Å². The summed E-state index contributed by atoms with van der Waals surface area (Å²) in [5, 5.41) is 3.04. The quantitative estimate of drug-likeness (QED) is 0.640. The highest BCUT2D eigenvalue weighted by Gasteiger charge is 2.36. The van der Waals surface area contributed by atoms with Crippen molar-refractivity contribution in [1.29, 1.82) is 0 Å². The molecule has 1 aliphatic rings. The number of nitrogens with zero attached hydrogens (tertiary/aromatic N) is 1. The molecule has 0 unspecified atom stereocenters. The smallest absolute Gasteiger partial charge is 0.214 e. The van der Waals surface area contributed by atoms with Gasteiger partial charge >= 0.3 is 0 Å². The summed E-state index contributed by atoms with van der Waals surface area (Å²) in [5.74, 6) is 0.709. The Morgan fingerprint density at radius 1 is 1.29 bits per heavy atom. The summed E-state index contributed by atoms with van der Waals surface area (Å²) in [7, 11) is -1.14. The van der Waals surface area contributed by atoms with Crippen LogP contribution >= 0.6 is 0 Å². The van der Waals surface area contributed by atoms with Crippen LogP contribution < -0.4 is 5.32 Å². The predicted octanol–water partition coefficient (Wildman–Crippen LogP) is 1.44. The van der Waals surface area contributed by atoms with Crippen molar-refractivity contribution < 1.29 is 8.42 Å². The van der Waals surface area contributed by atoms with E-state index in [-0.39, 0.29) is 0 Å². The van der Waals surface area contributed by atoms with Crippen LogP contribution in [-0.4, -0.2) is 44.7 Å². The average molecular weight is 262 g/mol. The molecule has 0 aromatic heterocycles. The second-order valence-corrected chi connectivity index (χ2v) is 7.36. The van der Waals surface area contributed by atoms with Crippen molar-refractivity contribution >= 4 is 10.0 Å². The minimum atomic E-state index is -3.03. The van der Waals surface area contributed by atoms with Crippen LogP contribution in [0.2, 0.25) is 0 Å². The number of hydrogen-bond donors (Lipinski definition) is 1. The van der Waals surface area contributed by atoms with Gasteiger partial charge in [0.25, 0.3) is 0 Å². The van der Waals surface area contributed by atoms with Gasteiger partial charge in [-0.2, -0.15) is 4.31 Å². The number of hydrogen-bond acceptors (Lipinski definition) is 3. The fourth-order valence-corrected chi connectivity index (χ4v) is 3.91. The first-order valence-corrected chi connectivity index (χ1v) is 8.22. The Hall–Kier alpha value is -0.130. The van der Waals surface area contributed by atoms with Gasteiger partial charge in [-0.15, -0.1) is 0 Å². The van der Waals surface area contributed by atoms with Crippen molar-refractivity contribution in [2.45, 2.75) is 45.6 Å². The van der Waals surface area contributed by atoms with Crippen LogP contribution in [0, 0.1) is 5.92 Å². The van der Waals surface area contributed by atoms with Crippen molar-refractivity contribution in [3.63, 3.8) is 0 Å². The SMILES string of the molecule is CNCCCCS(=O)(=O)N(CC(C)C)C1CC1. The van der Waals surface area contributed by atoms with Crippen molar-refractivity contribution in [2.24, 2.45) is 5.92 Å². The summed E-state index contributed by atoms with van der Waals surface area (Å²) >= 11 is 0. The molecule has 0 heterocycles. The van der Waals surface area contributed by atoms with Crippen LogP contribution in [0.15, 0.2) is 0 Å². The lowest BCUT2D eigenvalue weighted by molar-refractivity contribution is 0.359. The van der Waals surface area contributed by atoms with Crippen LogP contribution in [0.3, 0.4) is 0 Å². The van der Waals surface area contributed by atoms with Gasteiger partial charge in [-0.1, -0.05) is 13.8 Å². The van der Waals surface area contributed by atoms with Crippen molar-refractivity contribution in [2.75, 3.05) is 25.9 Å². The molecule has 1 fully saturated rings. The van der Waals surface area contributed by atoms with Crippen LogP contribution in [0.4, 0.5) is 0 Å². The van der Waals surface area contributed by atoms with E-state index in [0.717, 1.165) is 32.2 Å². The lowest BCUT2D eigenvalue weighted by Crippen LogP contribution is -2.37. The van der Waals surface area contributed by atoms with Crippen molar-refractivity contribution in [3.05, 3.63) is 0 Å². The van der Waals surface area contributed by atoms with E-state index < -0.39 is 10.0 Å². The topological polar surface area (TPSA) is 49.4 Å². The Kier molecular flexibility index (Phi) is 5.89.